The van der Waals surface area contributed by atoms with Crippen LogP contribution in [0, 0.1) is 24.0 Å². The van der Waals surface area contributed by atoms with E-state index < -0.39 is 10.8 Å². The van der Waals surface area contributed by atoms with Crippen molar-refractivity contribution in [2.45, 2.75) is 26.3 Å². The lowest BCUT2D eigenvalue weighted by molar-refractivity contribution is -0.386. The Balaban J connectivity index is 2.01. The summed E-state index contributed by atoms with van der Waals surface area (Å²) in [7, 11) is 0. The van der Waals surface area contributed by atoms with Crippen LogP contribution in [0.3, 0.4) is 0 Å². The number of nitro groups is 1. The lowest BCUT2D eigenvalue weighted by Gasteiger charge is -2.17. The van der Waals surface area contributed by atoms with Gasteiger partial charge in [-0.3, -0.25) is 19.6 Å². The Morgan fingerprint density at radius 2 is 1.78 bits per heavy atom. The third-order valence-corrected chi connectivity index (χ3v) is 5.06. The minimum Gasteiger partial charge on any atom is -0.293 e. The largest absolute Gasteiger partial charge is 0.312 e. The van der Waals surface area contributed by atoms with E-state index in [1.54, 1.807) is 30.7 Å². The van der Waals surface area contributed by atoms with Crippen molar-refractivity contribution in [2.24, 2.45) is 0 Å². The molecule has 0 aliphatic heterocycles. The summed E-state index contributed by atoms with van der Waals surface area (Å²) in [6, 6.07) is 16.6. The third kappa shape index (κ3) is 3.98. The van der Waals surface area contributed by atoms with Gasteiger partial charge in [0.05, 0.1) is 17.4 Å². The van der Waals surface area contributed by atoms with Gasteiger partial charge in [-0.2, -0.15) is 5.10 Å². The maximum absolute atomic E-state index is 13.2. The summed E-state index contributed by atoms with van der Waals surface area (Å²) >= 11 is 3.37. The number of hydrogen-bond donors (Lipinski definition) is 0. The molecule has 2 aromatic carbocycles. The molecular weight excluding hydrogens is 410 g/mol. The lowest BCUT2D eigenvalue weighted by atomic mass is 9.90. The van der Waals surface area contributed by atoms with Crippen molar-refractivity contribution >= 4 is 27.4 Å². The first-order chi connectivity index (χ1) is 12.9. The van der Waals surface area contributed by atoms with Crippen LogP contribution in [0.1, 0.15) is 33.2 Å². The van der Waals surface area contributed by atoms with Crippen molar-refractivity contribution in [1.82, 2.24) is 9.78 Å². The standard InChI is InChI=1S/C20H18BrN3O3/c1-13-19(24(26)27)14(2)23(22-13)12-18(15-6-4-3-5-7-15)20(25)16-8-10-17(21)11-9-16/h3-11,18H,12H2,1-2H3/t18-/m1/s1. The summed E-state index contributed by atoms with van der Waals surface area (Å²) in [5.74, 6) is -0.547. The molecule has 1 atom stereocenters. The molecule has 3 rings (SSSR count). The number of Topliss-reactive ketones (excluding diaryl/α,β-unsaturated/α-hetero) is 1. The van der Waals surface area contributed by atoms with Gasteiger partial charge < -0.3 is 0 Å². The van der Waals surface area contributed by atoms with Gasteiger partial charge in [-0.1, -0.05) is 58.4 Å². The average Bonchev–Trinajstić information content (AvgIpc) is 2.94. The number of ketones is 1. The van der Waals surface area contributed by atoms with Crippen LogP contribution in [0.2, 0.25) is 0 Å². The molecule has 0 fully saturated rings. The second kappa shape index (κ2) is 7.84. The monoisotopic (exact) mass is 427 g/mol. The van der Waals surface area contributed by atoms with Gasteiger partial charge in [0.2, 0.25) is 0 Å². The molecule has 0 aliphatic rings. The summed E-state index contributed by atoms with van der Waals surface area (Å²) in [6.07, 6.45) is 0. The predicted octanol–water partition coefficient (Wildman–Crippen LogP) is 4.84. The number of carbonyl (C=O) groups excluding carboxylic acids is 1. The van der Waals surface area contributed by atoms with Crippen molar-refractivity contribution in [2.75, 3.05) is 0 Å². The Hall–Kier alpha value is -2.80. The molecule has 0 N–H and O–H groups in total. The van der Waals surface area contributed by atoms with Gasteiger partial charge >= 0.3 is 5.69 Å². The lowest BCUT2D eigenvalue weighted by Crippen LogP contribution is -2.20. The van der Waals surface area contributed by atoms with Crippen LogP contribution in [0.4, 0.5) is 5.69 Å². The maximum atomic E-state index is 13.2. The predicted molar refractivity (Wildman–Crippen MR) is 106 cm³/mol. The van der Waals surface area contributed by atoms with Gasteiger partial charge in [-0.05, 0) is 31.5 Å². The van der Waals surface area contributed by atoms with E-state index in [1.165, 1.54) is 0 Å². The molecule has 0 unspecified atom stereocenters. The molecule has 0 bridgehead atoms. The van der Waals surface area contributed by atoms with Crippen molar-refractivity contribution in [3.63, 3.8) is 0 Å². The van der Waals surface area contributed by atoms with Crippen LogP contribution in [0.5, 0.6) is 0 Å². The molecule has 0 aliphatic carbocycles. The van der Waals surface area contributed by atoms with E-state index in [0.717, 1.165) is 10.0 Å². The SMILES string of the molecule is Cc1nn(C[C@@H](C(=O)c2ccc(Br)cc2)c2ccccc2)c(C)c1[N+](=O)[O-]. The molecule has 0 spiro atoms. The van der Waals surface area contributed by atoms with Gasteiger partial charge in [0.25, 0.3) is 0 Å². The molecule has 7 heteroatoms. The molecule has 1 heterocycles. The zero-order valence-corrected chi connectivity index (χ0v) is 16.5. The highest BCUT2D eigenvalue weighted by molar-refractivity contribution is 9.10. The number of rotatable bonds is 6. The van der Waals surface area contributed by atoms with E-state index >= 15 is 0 Å². The number of carbonyl (C=O) groups is 1. The summed E-state index contributed by atoms with van der Waals surface area (Å²) < 4.78 is 2.45. The van der Waals surface area contributed by atoms with Crippen molar-refractivity contribution in [3.05, 3.63) is 91.7 Å². The highest BCUT2D eigenvalue weighted by Gasteiger charge is 2.27. The number of benzene rings is 2. The second-order valence-electron chi connectivity index (χ2n) is 6.29. The Kier molecular flexibility index (Phi) is 5.51. The Bertz CT molecular complexity index is 982. The third-order valence-electron chi connectivity index (χ3n) is 4.53. The van der Waals surface area contributed by atoms with Crippen LogP contribution in [-0.4, -0.2) is 20.5 Å². The van der Waals surface area contributed by atoms with Gasteiger partial charge in [-0.15, -0.1) is 0 Å². The number of aromatic nitrogens is 2. The molecule has 0 radical (unpaired) electrons. The Morgan fingerprint density at radius 1 is 1.15 bits per heavy atom. The molecule has 0 saturated carbocycles. The smallest absolute Gasteiger partial charge is 0.293 e. The molecule has 6 nitrogen and oxygen atoms in total. The zero-order chi connectivity index (χ0) is 19.6. The fraction of sp³-hybridized carbons (Fsp3) is 0.200. The van der Waals surface area contributed by atoms with Crippen LogP contribution < -0.4 is 0 Å². The summed E-state index contributed by atoms with van der Waals surface area (Å²) in [6.45, 7) is 3.50. The van der Waals surface area contributed by atoms with Crippen LogP contribution in [0.15, 0.2) is 59.1 Å². The first kappa shape index (κ1) is 19.0. The first-order valence-corrected chi connectivity index (χ1v) is 9.21. The molecule has 1 aromatic heterocycles. The minimum atomic E-state index is -0.495. The number of halogens is 1. The van der Waals surface area contributed by atoms with E-state index in [2.05, 4.69) is 21.0 Å². The highest BCUT2D eigenvalue weighted by Crippen LogP contribution is 2.28. The number of nitrogens with zero attached hydrogens (tertiary/aromatic N) is 3. The molecule has 0 amide bonds. The van der Waals surface area contributed by atoms with Crippen LogP contribution in [0.25, 0.3) is 0 Å². The Labute approximate surface area is 165 Å². The first-order valence-electron chi connectivity index (χ1n) is 8.41. The zero-order valence-electron chi connectivity index (χ0n) is 14.9. The van der Waals surface area contributed by atoms with E-state index in [1.807, 2.05) is 42.5 Å². The normalized spacial score (nSPS) is 12.0. The maximum Gasteiger partial charge on any atom is 0.312 e. The van der Waals surface area contributed by atoms with Gasteiger partial charge in [0, 0.05) is 10.0 Å². The molecule has 138 valence electrons. The summed E-state index contributed by atoms with van der Waals surface area (Å²) in [5.41, 5.74) is 2.23. The van der Waals surface area contributed by atoms with E-state index in [9.17, 15) is 14.9 Å². The fourth-order valence-corrected chi connectivity index (χ4v) is 3.41. The van der Waals surface area contributed by atoms with Crippen molar-refractivity contribution in [1.29, 1.82) is 0 Å². The quantitative estimate of drug-likeness (QED) is 0.320. The Morgan fingerprint density at radius 3 is 2.33 bits per heavy atom. The molecular formula is C20H18BrN3O3. The molecule has 3 aromatic rings. The molecule has 0 saturated heterocycles. The van der Waals surface area contributed by atoms with Crippen molar-refractivity contribution in [3.8, 4) is 0 Å². The molecule has 27 heavy (non-hydrogen) atoms. The summed E-state index contributed by atoms with van der Waals surface area (Å²) in [5, 5.41) is 15.6. The van der Waals surface area contributed by atoms with Crippen LogP contribution >= 0.6 is 15.9 Å². The number of aryl methyl sites for hydroxylation is 1. The number of hydrogen-bond acceptors (Lipinski definition) is 4. The van der Waals surface area contributed by atoms with Gasteiger partial charge in [0.1, 0.15) is 11.4 Å². The van der Waals surface area contributed by atoms with Crippen LogP contribution in [-0.2, 0) is 6.54 Å². The average molecular weight is 428 g/mol. The van der Waals surface area contributed by atoms with E-state index in [4.69, 9.17) is 0 Å². The van der Waals surface area contributed by atoms with Crippen molar-refractivity contribution < 1.29 is 9.72 Å². The topological polar surface area (TPSA) is 78.0 Å². The van der Waals surface area contributed by atoms with Gasteiger partial charge in [0.15, 0.2) is 5.78 Å². The highest BCUT2D eigenvalue weighted by atomic mass is 79.9. The van der Waals surface area contributed by atoms with E-state index in [-0.39, 0.29) is 18.0 Å². The fourth-order valence-electron chi connectivity index (χ4n) is 3.14. The summed E-state index contributed by atoms with van der Waals surface area (Å²) in [4.78, 5) is 24.1. The van der Waals surface area contributed by atoms with E-state index in [0.29, 0.717) is 17.0 Å². The van der Waals surface area contributed by atoms with Gasteiger partial charge in [-0.25, -0.2) is 0 Å². The minimum absolute atomic E-state index is 0.00194. The second-order valence-corrected chi connectivity index (χ2v) is 7.21.